The molecule has 0 radical (unpaired) electrons. The second-order valence-corrected chi connectivity index (χ2v) is 8.31. The number of fused-ring (bicyclic) bond motifs is 1. The molecule has 1 saturated carbocycles. The second kappa shape index (κ2) is 8.61. The Balaban J connectivity index is 0.00000208. The molecule has 2 aromatic rings. The van der Waals surface area contributed by atoms with Gasteiger partial charge in [0.15, 0.2) is 5.13 Å². The Morgan fingerprint density at radius 3 is 2.67 bits per heavy atom. The monoisotopic (exact) mass is 431 g/mol. The van der Waals surface area contributed by atoms with E-state index in [2.05, 4.69) is 26.9 Å². The number of hydrogen-bond acceptors (Lipinski definition) is 4. The Kier molecular flexibility index (Phi) is 7.04. The number of amides is 1. The molecule has 1 aromatic carbocycles. The molecule has 1 aliphatic carbocycles. The van der Waals surface area contributed by atoms with Crippen LogP contribution in [-0.2, 0) is 4.79 Å². The van der Waals surface area contributed by atoms with Crippen molar-refractivity contribution in [3.63, 3.8) is 0 Å². The fourth-order valence-electron chi connectivity index (χ4n) is 2.99. The lowest BCUT2D eigenvalue weighted by atomic mass is 10.1. The Morgan fingerprint density at radius 1 is 1.29 bits per heavy atom. The van der Waals surface area contributed by atoms with Crippen molar-refractivity contribution in [3.8, 4) is 0 Å². The molecule has 1 aliphatic rings. The molecule has 4 nitrogen and oxygen atoms in total. The van der Waals surface area contributed by atoms with E-state index in [9.17, 15) is 4.79 Å². The molecular weight excluding hydrogens is 410 g/mol. The van der Waals surface area contributed by atoms with E-state index in [-0.39, 0.29) is 24.2 Å². The summed E-state index contributed by atoms with van der Waals surface area (Å²) in [7, 11) is 4.07. The average Bonchev–Trinajstić information content (AvgIpc) is 3.15. The Bertz CT molecular complexity index is 700. The number of aromatic nitrogens is 1. The van der Waals surface area contributed by atoms with Crippen molar-refractivity contribution in [2.24, 2.45) is 5.92 Å². The average molecular weight is 433 g/mol. The van der Waals surface area contributed by atoms with Gasteiger partial charge in [0.1, 0.15) is 0 Å². The summed E-state index contributed by atoms with van der Waals surface area (Å²) in [5.41, 5.74) is 0.960. The highest BCUT2D eigenvalue weighted by atomic mass is 79.9. The fraction of sp³-hybridized carbons (Fsp3) is 0.529. The first-order valence-corrected chi connectivity index (χ1v) is 9.68. The summed E-state index contributed by atoms with van der Waals surface area (Å²) >= 11 is 5.11. The van der Waals surface area contributed by atoms with Gasteiger partial charge >= 0.3 is 0 Å². The summed E-state index contributed by atoms with van der Waals surface area (Å²) in [6.45, 7) is 1.54. The van der Waals surface area contributed by atoms with E-state index in [1.807, 2.05) is 31.1 Å². The molecule has 1 heterocycles. The minimum Gasteiger partial charge on any atom is -0.308 e. The van der Waals surface area contributed by atoms with Gasteiger partial charge in [0, 0.05) is 23.5 Å². The minimum absolute atomic E-state index is 0. The van der Waals surface area contributed by atoms with Crippen molar-refractivity contribution >= 4 is 60.9 Å². The molecule has 0 atom stereocenters. The molecule has 7 heteroatoms. The summed E-state index contributed by atoms with van der Waals surface area (Å²) in [6.07, 6.45) is 4.39. The van der Waals surface area contributed by atoms with Crippen LogP contribution >= 0.6 is 39.7 Å². The summed E-state index contributed by atoms with van der Waals surface area (Å²) in [5.74, 6) is 0.429. The van der Waals surface area contributed by atoms with Crippen LogP contribution in [0.3, 0.4) is 0 Å². The van der Waals surface area contributed by atoms with Gasteiger partial charge < -0.3 is 4.90 Å². The number of benzene rings is 1. The normalized spacial score (nSPS) is 15.0. The zero-order chi connectivity index (χ0) is 16.4. The Labute approximate surface area is 161 Å². The maximum atomic E-state index is 13.0. The van der Waals surface area contributed by atoms with Crippen LogP contribution in [0.5, 0.6) is 0 Å². The lowest BCUT2D eigenvalue weighted by Crippen LogP contribution is -2.39. The number of likely N-dealkylation sites (N-methyl/N-ethyl adjacent to an activating group) is 1. The van der Waals surface area contributed by atoms with Crippen LogP contribution in [0.15, 0.2) is 22.7 Å². The first-order chi connectivity index (χ1) is 11.0. The van der Waals surface area contributed by atoms with Gasteiger partial charge in [-0.25, -0.2) is 4.98 Å². The maximum Gasteiger partial charge on any atom is 0.231 e. The number of nitrogens with zero attached hydrogens (tertiary/aromatic N) is 3. The molecule has 3 rings (SSSR count). The van der Waals surface area contributed by atoms with E-state index in [1.165, 1.54) is 12.8 Å². The largest absolute Gasteiger partial charge is 0.308 e. The Morgan fingerprint density at radius 2 is 2.00 bits per heavy atom. The van der Waals surface area contributed by atoms with E-state index < -0.39 is 0 Å². The second-order valence-electron chi connectivity index (χ2n) is 6.38. The fourth-order valence-corrected chi connectivity index (χ4v) is 4.54. The van der Waals surface area contributed by atoms with Crippen LogP contribution in [0.25, 0.3) is 10.2 Å². The standard InChI is InChI=1S/C17H22BrN3OS.ClH/c1-20(2)9-10-21(16(22)12-5-3-4-6-12)17-19-14-8-7-13(18)11-15(14)23-17;/h7-8,11-12H,3-6,9-10H2,1-2H3;1H. The summed E-state index contributed by atoms with van der Waals surface area (Å²) in [4.78, 5) is 21.7. The van der Waals surface area contributed by atoms with E-state index in [1.54, 1.807) is 11.3 Å². The smallest absolute Gasteiger partial charge is 0.231 e. The van der Waals surface area contributed by atoms with Gasteiger partial charge in [0.25, 0.3) is 0 Å². The SMILES string of the molecule is CN(C)CCN(C(=O)C1CCCC1)c1nc2ccc(Br)cc2s1.Cl. The number of halogens is 2. The number of anilines is 1. The lowest BCUT2D eigenvalue weighted by Gasteiger charge is -2.24. The molecule has 132 valence electrons. The van der Waals surface area contributed by atoms with Crippen LogP contribution in [0.2, 0.25) is 0 Å². The highest BCUT2D eigenvalue weighted by Crippen LogP contribution is 2.34. The van der Waals surface area contributed by atoms with Crippen molar-refractivity contribution in [2.45, 2.75) is 25.7 Å². The molecule has 0 aliphatic heterocycles. The van der Waals surface area contributed by atoms with Crippen molar-refractivity contribution in [1.29, 1.82) is 0 Å². The molecule has 0 unspecified atom stereocenters. The Hall–Kier alpha value is -0.690. The molecule has 1 amide bonds. The van der Waals surface area contributed by atoms with Crippen LogP contribution in [-0.4, -0.2) is 43.0 Å². The predicted molar refractivity (Wildman–Crippen MR) is 107 cm³/mol. The molecule has 1 fully saturated rings. The number of rotatable bonds is 5. The molecule has 0 bridgehead atoms. The molecular formula is C17H23BrClN3OS. The third-order valence-electron chi connectivity index (χ3n) is 4.31. The van der Waals surface area contributed by atoms with Crippen LogP contribution in [0.4, 0.5) is 5.13 Å². The number of carbonyl (C=O) groups is 1. The number of thiazole rings is 1. The van der Waals surface area contributed by atoms with Crippen molar-refractivity contribution in [1.82, 2.24) is 9.88 Å². The number of carbonyl (C=O) groups excluding carboxylic acids is 1. The zero-order valence-electron chi connectivity index (χ0n) is 14.0. The van der Waals surface area contributed by atoms with Gasteiger partial charge in [-0.1, -0.05) is 40.1 Å². The molecule has 0 spiro atoms. The van der Waals surface area contributed by atoms with Gasteiger partial charge in [-0.3, -0.25) is 9.69 Å². The van der Waals surface area contributed by atoms with Crippen LogP contribution in [0, 0.1) is 5.92 Å². The summed E-state index contributed by atoms with van der Waals surface area (Å²) in [5, 5.41) is 0.830. The topological polar surface area (TPSA) is 36.4 Å². The van der Waals surface area contributed by atoms with E-state index >= 15 is 0 Å². The maximum absolute atomic E-state index is 13.0. The van der Waals surface area contributed by atoms with Crippen molar-refractivity contribution < 1.29 is 4.79 Å². The van der Waals surface area contributed by atoms with E-state index in [0.717, 1.165) is 39.2 Å². The summed E-state index contributed by atoms with van der Waals surface area (Å²) < 4.78 is 2.16. The van der Waals surface area contributed by atoms with Crippen LogP contribution in [0.1, 0.15) is 25.7 Å². The number of hydrogen-bond donors (Lipinski definition) is 0. The highest BCUT2D eigenvalue weighted by Gasteiger charge is 2.29. The van der Waals surface area contributed by atoms with Gasteiger partial charge in [-0.15, -0.1) is 12.4 Å². The minimum atomic E-state index is 0. The van der Waals surface area contributed by atoms with E-state index in [4.69, 9.17) is 4.98 Å². The molecule has 1 aromatic heterocycles. The first-order valence-electron chi connectivity index (χ1n) is 8.07. The summed E-state index contributed by atoms with van der Waals surface area (Å²) in [6, 6.07) is 6.07. The van der Waals surface area contributed by atoms with Crippen molar-refractivity contribution in [2.75, 3.05) is 32.1 Å². The highest BCUT2D eigenvalue weighted by molar-refractivity contribution is 9.10. The van der Waals surface area contributed by atoms with Gasteiger partial charge in [0.2, 0.25) is 5.91 Å². The zero-order valence-corrected chi connectivity index (χ0v) is 17.2. The van der Waals surface area contributed by atoms with E-state index in [0.29, 0.717) is 6.54 Å². The van der Waals surface area contributed by atoms with Crippen molar-refractivity contribution in [3.05, 3.63) is 22.7 Å². The van der Waals surface area contributed by atoms with Crippen LogP contribution < -0.4 is 4.90 Å². The molecule has 24 heavy (non-hydrogen) atoms. The quantitative estimate of drug-likeness (QED) is 0.694. The lowest BCUT2D eigenvalue weighted by molar-refractivity contribution is -0.122. The predicted octanol–water partition coefficient (Wildman–Crippen LogP) is 4.57. The van der Waals surface area contributed by atoms with Gasteiger partial charge in [-0.2, -0.15) is 0 Å². The van der Waals surface area contributed by atoms with Gasteiger partial charge in [0.05, 0.1) is 10.2 Å². The third kappa shape index (κ3) is 4.48. The molecule has 0 saturated heterocycles. The molecule has 0 N–H and O–H groups in total. The van der Waals surface area contributed by atoms with Gasteiger partial charge in [-0.05, 0) is 45.1 Å². The first kappa shape index (κ1) is 19.6. The third-order valence-corrected chi connectivity index (χ3v) is 5.85.